The SMILES string of the molecule is CCCS(=O)(=O)CCOc1ccc(CBr)cc1[N+](=O)[O-]. The van der Waals surface area contributed by atoms with Gasteiger partial charge in [-0.25, -0.2) is 8.42 Å². The Balaban J connectivity index is 2.75. The molecule has 0 fully saturated rings. The number of ether oxygens (including phenoxy) is 1. The van der Waals surface area contributed by atoms with Gasteiger partial charge in [0.15, 0.2) is 15.6 Å². The van der Waals surface area contributed by atoms with E-state index in [-0.39, 0.29) is 29.5 Å². The van der Waals surface area contributed by atoms with Gasteiger partial charge in [0.25, 0.3) is 0 Å². The second kappa shape index (κ2) is 7.58. The molecule has 0 spiro atoms. The first kappa shape index (κ1) is 16.9. The van der Waals surface area contributed by atoms with E-state index < -0.39 is 14.8 Å². The number of nitro benzene ring substituents is 1. The van der Waals surface area contributed by atoms with Crippen molar-refractivity contribution in [2.24, 2.45) is 0 Å². The lowest BCUT2D eigenvalue weighted by atomic mass is 10.2. The number of nitro groups is 1. The van der Waals surface area contributed by atoms with Gasteiger partial charge < -0.3 is 4.74 Å². The molecule has 0 unspecified atom stereocenters. The first-order valence-electron chi connectivity index (χ1n) is 6.06. The number of halogens is 1. The molecule has 0 atom stereocenters. The Bertz CT molecular complexity index is 573. The maximum atomic E-state index is 11.5. The summed E-state index contributed by atoms with van der Waals surface area (Å²) < 4.78 is 28.3. The lowest BCUT2D eigenvalue weighted by Crippen LogP contribution is -2.17. The molecule has 0 bridgehead atoms. The highest BCUT2D eigenvalue weighted by molar-refractivity contribution is 9.08. The molecular formula is C12H16BrNO5S. The molecule has 0 N–H and O–H groups in total. The summed E-state index contributed by atoms with van der Waals surface area (Å²) in [4.78, 5) is 10.4. The summed E-state index contributed by atoms with van der Waals surface area (Å²) in [5.74, 6) is 0.0468. The van der Waals surface area contributed by atoms with Gasteiger partial charge in [0.1, 0.15) is 6.61 Å². The minimum absolute atomic E-state index is 0.0865. The minimum atomic E-state index is -3.15. The molecule has 112 valence electrons. The van der Waals surface area contributed by atoms with Crippen LogP contribution in [-0.2, 0) is 15.2 Å². The lowest BCUT2D eigenvalue weighted by molar-refractivity contribution is -0.385. The average molecular weight is 366 g/mol. The Morgan fingerprint density at radius 1 is 1.35 bits per heavy atom. The average Bonchev–Trinajstić information content (AvgIpc) is 2.38. The van der Waals surface area contributed by atoms with E-state index in [2.05, 4.69) is 15.9 Å². The van der Waals surface area contributed by atoms with Gasteiger partial charge in [0.2, 0.25) is 0 Å². The second-order valence-corrected chi connectivity index (χ2v) is 7.06. The molecule has 0 aromatic heterocycles. The van der Waals surface area contributed by atoms with Crippen LogP contribution in [0.15, 0.2) is 18.2 Å². The van der Waals surface area contributed by atoms with Crippen LogP contribution in [0.2, 0.25) is 0 Å². The molecule has 0 amide bonds. The van der Waals surface area contributed by atoms with Gasteiger partial charge in [0.05, 0.1) is 16.4 Å². The summed E-state index contributed by atoms with van der Waals surface area (Å²) in [6.07, 6.45) is 0.544. The molecule has 0 aliphatic carbocycles. The number of rotatable bonds is 8. The predicted octanol–water partition coefficient (Wildman–Crippen LogP) is 2.69. The van der Waals surface area contributed by atoms with E-state index in [1.54, 1.807) is 13.0 Å². The smallest absolute Gasteiger partial charge is 0.311 e. The lowest BCUT2D eigenvalue weighted by Gasteiger charge is -2.08. The first-order valence-corrected chi connectivity index (χ1v) is 9.00. The number of sulfone groups is 1. The monoisotopic (exact) mass is 365 g/mol. The van der Waals surface area contributed by atoms with Crippen molar-refractivity contribution in [1.29, 1.82) is 0 Å². The van der Waals surface area contributed by atoms with Crippen LogP contribution in [-0.4, -0.2) is 31.5 Å². The quantitative estimate of drug-likeness (QED) is 0.401. The van der Waals surface area contributed by atoms with Crippen molar-refractivity contribution in [2.75, 3.05) is 18.1 Å². The third kappa shape index (κ3) is 5.09. The Labute approximate surface area is 126 Å². The van der Waals surface area contributed by atoms with Gasteiger partial charge >= 0.3 is 5.69 Å². The summed E-state index contributed by atoms with van der Waals surface area (Å²) in [5.41, 5.74) is 0.595. The van der Waals surface area contributed by atoms with Crippen LogP contribution in [0.3, 0.4) is 0 Å². The highest BCUT2D eigenvalue weighted by atomic mass is 79.9. The van der Waals surface area contributed by atoms with Crippen molar-refractivity contribution in [3.63, 3.8) is 0 Å². The summed E-state index contributed by atoms with van der Waals surface area (Å²) in [6, 6.07) is 4.59. The number of alkyl halides is 1. The van der Waals surface area contributed by atoms with Crippen molar-refractivity contribution >= 4 is 31.5 Å². The van der Waals surface area contributed by atoms with E-state index >= 15 is 0 Å². The van der Waals surface area contributed by atoms with Crippen LogP contribution in [0.1, 0.15) is 18.9 Å². The van der Waals surface area contributed by atoms with E-state index in [9.17, 15) is 18.5 Å². The van der Waals surface area contributed by atoms with Gasteiger partial charge in [-0.1, -0.05) is 28.9 Å². The summed E-state index contributed by atoms with van der Waals surface area (Å²) in [5, 5.41) is 11.4. The molecule has 1 aromatic rings. The fraction of sp³-hybridized carbons (Fsp3) is 0.500. The number of hydrogen-bond donors (Lipinski definition) is 0. The zero-order valence-electron chi connectivity index (χ0n) is 11.0. The molecule has 8 heteroatoms. The van der Waals surface area contributed by atoms with Crippen LogP contribution in [0.4, 0.5) is 5.69 Å². The van der Waals surface area contributed by atoms with E-state index in [0.717, 1.165) is 5.56 Å². The summed E-state index contributed by atoms with van der Waals surface area (Å²) in [6.45, 7) is 1.69. The molecule has 0 radical (unpaired) electrons. The van der Waals surface area contributed by atoms with Crippen LogP contribution in [0.5, 0.6) is 5.75 Å². The van der Waals surface area contributed by atoms with E-state index in [0.29, 0.717) is 11.8 Å². The third-order valence-electron chi connectivity index (χ3n) is 2.54. The topological polar surface area (TPSA) is 86.5 Å². The molecule has 0 heterocycles. The van der Waals surface area contributed by atoms with Crippen molar-refractivity contribution in [3.05, 3.63) is 33.9 Å². The Kier molecular flexibility index (Phi) is 6.41. The largest absolute Gasteiger partial charge is 0.486 e. The Hall–Kier alpha value is -1.15. The van der Waals surface area contributed by atoms with Gasteiger partial charge in [-0.2, -0.15) is 0 Å². The molecule has 0 saturated heterocycles. The van der Waals surface area contributed by atoms with Crippen molar-refractivity contribution in [3.8, 4) is 5.75 Å². The van der Waals surface area contributed by atoms with Crippen molar-refractivity contribution < 1.29 is 18.1 Å². The molecule has 6 nitrogen and oxygen atoms in total. The highest BCUT2D eigenvalue weighted by Crippen LogP contribution is 2.28. The van der Waals surface area contributed by atoms with Crippen LogP contribution in [0, 0.1) is 10.1 Å². The standard InChI is InChI=1S/C12H16BrNO5S/c1-2-6-20(17,18)7-5-19-12-4-3-10(9-13)8-11(12)14(15)16/h3-4,8H,2,5-7,9H2,1H3. The Morgan fingerprint density at radius 3 is 2.60 bits per heavy atom. The highest BCUT2D eigenvalue weighted by Gasteiger charge is 2.17. The van der Waals surface area contributed by atoms with Gasteiger partial charge in [-0.05, 0) is 18.1 Å². The van der Waals surface area contributed by atoms with Gasteiger partial charge in [-0.15, -0.1) is 0 Å². The number of hydrogen-bond acceptors (Lipinski definition) is 5. The molecule has 1 aromatic carbocycles. The number of benzene rings is 1. The van der Waals surface area contributed by atoms with Crippen molar-refractivity contribution in [1.82, 2.24) is 0 Å². The predicted molar refractivity (Wildman–Crippen MR) is 80.2 cm³/mol. The second-order valence-electron chi connectivity index (χ2n) is 4.19. The minimum Gasteiger partial charge on any atom is -0.486 e. The molecule has 0 saturated carbocycles. The van der Waals surface area contributed by atoms with E-state index in [4.69, 9.17) is 4.74 Å². The molecule has 0 aliphatic rings. The normalized spacial score (nSPS) is 11.3. The zero-order chi connectivity index (χ0) is 15.2. The Morgan fingerprint density at radius 2 is 2.05 bits per heavy atom. The van der Waals surface area contributed by atoms with E-state index in [1.807, 2.05) is 0 Å². The van der Waals surface area contributed by atoms with Crippen LogP contribution >= 0.6 is 15.9 Å². The van der Waals surface area contributed by atoms with Crippen molar-refractivity contribution in [2.45, 2.75) is 18.7 Å². The van der Waals surface area contributed by atoms with Gasteiger partial charge in [-0.3, -0.25) is 10.1 Å². The molecule has 1 rings (SSSR count). The summed E-state index contributed by atoms with van der Waals surface area (Å²) in [7, 11) is -3.15. The molecule has 20 heavy (non-hydrogen) atoms. The molecule has 0 aliphatic heterocycles. The fourth-order valence-electron chi connectivity index (χ4n) is 1.60. The summed E-state index contributed by atoms with van der Waals surface area (Å²) >= 11 is 3.22. The fourth-order valence-corrected chi connectivity index (χ4v) is 3.11. The zero-order valence-corrected chi connectivity index (χ0v) is 13.4. The van der Waals surface area contributed by atoms with E-state index in [1.165, 1.54) is 12.1 Å². The van der Waals surface area contributed by atoms with Crippen LogP contribution < -0.4 is 4.74 Å². The maximum absolute atomic E-state index is 11.5. The molecular weight excluding hydrogens is 350 g/mol. The van der Waals surface area contributed by atoms with Crippen LogP contribution in [0.25, 0.3) is 0 Å². The third-order valence-corrected chi connectivity index (χ3v) is 5.01. The first-order chi connectivity index (χ1) is 9.39. The number of nitrogens with zero attached hydrogens (tertiary/aromatic N) is 1. The van der Waals surface area contributed by atoms with Gasteiger partial charge in [0, 0.05) is 11.4 Å². The maximum Gasteiger partial charge on any atom is 0.311 e.